The number of carbonyl (C=O) groups excluding carboxylic acids is 3. The zero-order chi connectivity index (χ0) is 33.7. The summed E-state index contributed by atoms with van der Waals surface area (Å²) in [5, 5.41) is 0.605. The van der Waals surface area contributed by atoms with Crippen molar-refractivity contribution in [2.24, 2.45) is 0 Å². The molecule has 0 aliphatic carbocycles. The van der Waals surface area contributed by atoms with Crippen molar-refractivity contribution in [2.45, 2.75) is 105 Å². The number of rotatable bonds is 9. The van der Waals surface area contributed by atoms with Gasteiger partial charge in [-0.2, -0.15) is 4.90 Å². The number of benzene rings is 1. The molecule has 0 atom stereocenters. The van der Waals surface area contributed by atoms with Gasteiger partial charge >= 0.3 is 18.2 Å². The maximum atomic E-state index is 13.2. The lowest BCUT2D eigenvalue weighted by molar-refractivity contribution is -0.154. The summed E-state index contributed by atoms with van der Waals surface area (Å²) in [7, 11) is 0. The Morgan fingerprint density at radius 3 is 2.00 bits per heavy atom. The van der Waals surface area contributed by atoms with Crippen molar-refractivity contribution in [1.82, 2.24) is 19.5 Å². The van der Waals surface area contributed by atoms with Crippen LogP contribution in [0, 0.1) is 0 Å². The number of aromatic nitrogens is 4. The molecule has 0 aliphatic rings. The molecular weight excluding hydrogens is 625 g/mol. The summed E-state index contributed by atoms with van der Waals surface area (Å²) in [4.78, 5) is 52.2. The molecule has 0 N–H and O–H groups in total. The zero-order valence-corrected chi connectivity index (χ0v) is 28.7. The zero-order valence-electron chi connectivity index (χ0n) is 27.2. The Hall–Kier alpha value is -3.64. The van der Waals surface area contributed by atoms with E-state index in [1.807, 2.05) is 20.8 Å². The van der Waals surface area contributed by atoms with E-state index in [9.17, 15) is 14.4 Å². The fraction of sp³-hybridized carbons (Fsp3) is 0.548. The average Bonchev–Trinajstić information content (AvgIpc) is 3.28. The normalized spacial score (nSPS) is 12.2. The predicted molar refractivity (Wildman–Crippen MR) is 171 cm³/mol. The van der Waals surface area contributed by atoms with Gasteiger partial charge in [-0.05, 0) is 87.3 Å². The summed E-state index contributed by atoms with van der Waals surface area (Å²) in [6.07, 6.45) is 2.20. The Kier molecular flexibility index (Phi) is 11.3. The second kappa shape index (κ2) is 14.2. The van der Waals surface area contributed by atoms with E-state index in [2.05, 4.69) is 15.0 Å². The van der Waals surface area contributed by atoms with E-state index in [0.29, 0.717) is 46.3 Å². The predicted octanol–water partition coefficient (Wildman–Crippen LogP) is 7.75. The van der Waals surface area contributed by atoms with Gasteiger partial charge in [0.1, 0.15) is 28.9 Å². The third-order valence-corrected chi connectivity index (χ3v) is 6.52. The second-order valence-corrected chi connectivity index (χ2v) is 14.1. The largest absolute Gasteiger partial charge is 0.493 e. The van der Waals surface area contributed by atoms with Crippen molar-refractivity contribution in [3.05, 3.63) is 40.4 Å². The van der Waals surface area contributed by atoms with Gasteiger partial charge in [0.2, 0.25) is 0 Å². The minimum Gasteiger partial charge on any atom is -0.493 e. The lowest BCUT2D eigenvalue weighted by Gasteiger charge is -2.28. The Labute approximate surface area is 273 Å². The first-order valence-electron chi connectivity index (χ1n) is 14.5. The van der Waals surface area contributed by atoms with E-state index < -0.39 is 29.0 Å². The number of hydrogen-bond donors (Lipinski definition) is 0. The first-order chi connectivity index (χ1) is 20.8. The molecule has 0 spiro atoms. The van der Waals surface area contributed by atoms with Gasteiger partial charge in [-0.3, -0.25) is 4.79 Å². The standard InChI is InChI=1S/C31H41Cl2N5O7/c1-29(2,3)43-22(39)12-10-11-15-42-21-14-13-20(32)23(33)19(21)16-37-18-36-24-25(37)34-17-35-26(24)38(27(40)44-30(4,5)6)28(41)45-31(7,8)9/h13-14,17-18H,10-12,15-16H2,1-9H3. The molecule has 2 aromatic heterocycles. The molecule has 2 heterocycles. The Balaban J connectivity index is 1.88. The van der Waals surface area contributed by atoms with Gasteiger partial charge in [0.25, 0.3) is 0 Å². The summed E-state index contributed by atoms with van der Waals surface area (Å²) < 4.78 is 24.0. The highest BCUT2D eigenvalue weighted by Crippen LogP contribution is 2.35. The first-order valence-corrected chi connectivity index (χ1v) is 15.2. The fourth-order valence-corrected chi connectivity index (χ4v) is 4.38. The molecule has 0 bridgehead atoms. The second-order valence-electron chi connectivity index (χ2n) is 13.3. The SMILES string of the molecule is CC(C)(C)OC(=O)CCCCOc1ccc(Cl)c(Cl)c1Cn1cnc2c(N(C(=O)OC(C)(C)C)C(=O)OC(C)(C)C)ncnc21. The molecule has 0 fully saturated rings. The van der Waals surface area contributed by atoms with Crippen LogP contribution in [0.3, 0.4) is 0 Å². The number of carbonyl (C=O) groups is 3. The van der Waals surface area contributed by atoms with Gasteiger partial charge in [-0.1, -0.05) is 23.2 Å². The van der Waals surface area contributed by atoms with Crippen molar-refractivity contribution in [2.75, 3.05) is 11.5 Å². The Morgan fingerprint density at radius 2 is 1.42 bits per heavy atom. The van der Waals surface area contributed by atoms with Crippen LogP contribution in [0.25, 0.3) is 11.2 Å². The number of hydrogen-bond acceptors (Lipinski definition) is 10. The molecule has 2 amide bonds. The van der Waals surface area contributed by atoms with Crippen molar-refractivity contribution in [1.29, 1.82) is 0 Å². The highest BCUT2D eigenvalue weighted by molar-refractivity contribution is 6.42. The van der Waals surface area contributed by atoms with Gasteiger partial charge in [0.15, 0.2) is 17.0 Å². The number of esters is 1. The van der Waals surface area contributed by atoms with E-state index in [1.165, 1.54) is 12.7 Å². The molecule has 1 aromatic carbocycles. The number of halogens is 2. The monoisotopic (exact) mass is 665 g/mol. The highest BCUT2D eigenvalue weighted by atomic mass is 35.5. The van der Waals surface area contributed by atoms with Crippen LogP contribution in [0.1, 0.15) is 87.1 Å². The lowest BCUT2D eigenvalue weighted by Crippen LogP contribution is -2.44. The number of ether oxygens (including phenoxy) is 4. The van der Waals surface area contributed by atoms with Gasteiger partial charge in [0.05, 0.1) is 29.5 Å². The summed E-state index contributed by atoms with van der Waals surface area (Å²) in [5.74, 6) is 0.116. The molecule has 14 heteroatoms. The number of amides is 2. The van der Waals surface area contributed by atoms with E-state index >= 15 is 0 Å². The van der Waals surface area contributed by atoms with Crippen molar-refractivity contribution >= 4 is 58.3 Å². The number of nitrogens with zero attached hydrogens (tertiary/aromatic N) is 5. The first kappa shape index (κ1) is 35.8. The molecule has 0 aliphatic heterocycles. The third-order valence-electron chi connectivity index (χ3n) is 5.68. The molecule has 0 saturated carbocycles. The van der Waals surface area contributed by atoms with Crippen LogP contribution in [-0.2, 0) is 25.5 Å². The van der Waals surface area contributed by atoms with E-state index in [1.54, 1.807) is 58.2 Å². The summed E-state index contributed by atoms with van der Waals surface area (Å²) in [6.45, 7) is 16.0. The molecule has 0 unspecified atom stereocenters. The summed E-state index contributed by atoms with van der Waals surface area (Å²) >= 11 is 13.0. The molecule has 246 valence electrons. The minimum absolute atomic E-state index is 0.110. The molecule has 45 heavy (non-hydrogen) atoms. The Morgan fingerprint density at radius 1 is 0.822 bits per heavy atom. The molecule has 3 aromatic rings. The molecule has 12 nitrogen and oxygen atoms in total. The van der Waals surface area contributed by atoms with Crippen molar-refractivity contribution in [3.63, 3.8) is 0 Å². The van der Waals surface area contributed by atoms with Gasteiger partial charge in [-0.25, -0.2) is 24.5 Å². The summed E-state index contributed by atoms with van der Waals surface area (Å²) in [5.41, 5.74) is -1.33. The smallest absolute Gasteiger partial charge is 0.425 e. The number of unbranched alkanes of at least 4 members (excludes halogenated alkanes) is 1. The van der Waals surface area contributed by atoms with Gasteiger partial charge < -0.3 is 23.5 Å². The molecular formula is C31H41Cl2N5O7. The fourth-order valence-electron chi connectivity index (χ4n) is 3.98. The van der Waals surface area contributed by atoms with E-state index in [0.717, 1.165) is 0 Å². The molecule has 3 rings (SSSR count). The van der Waals surface area contributed by atoms with Crippen LogP contribution in [0.2, 0.25) is 10.0 Å². The summed E-state index contributed by atoms with van der Waals surface area (Å²) in [6, 6.07) is 3.35. The number of fused-ring (bicyclic) bond motifs is 1. The van der Waals surface area contributed by atoms with Crippen LogP contribution >= 0.6 is 23.2 Å². The average molecular weight is 667 g/mol. The third kappa shape index (κ3) is 10.5. The molecule has 0 radical (unpaired) electrons. The van der Waals surface area contributed by atoms with Gasteiger partial charge in [-0.15, -0.1) is 0 Å². The lowest BCUT2D eigenvalue weighted by atomic mass is 10.2. The quantitative estimate of drug-likeness (QED) is 0.127. The van der Waals surface area contributed by atoms with Crippen LogP contribution < -0.4 is 9.64 Å². The maximum Gasteiger partial charge on any atom is 0.425 e. The van der Waals surface area contributed by atoms with E-state index in [4.69, 9.17) is 42.1 Å². The number of imidazole rings is 1. The minimum atomic E-state index is -0.980. The van der Waals surface area contributed by atoms with Gasteiger partial charge in [0, 0.05) is 12.0 Å². The van der Waals surface area contributed by atoms with Crippen LogP contribution in [0.4, 0.5) is 15.4 Å². The number of imide groups is 1. The maximum absolute atomic E-state index is 13.2. The molecule has 0 saturated heterocycles. The van der Waals surface area contributed by atoms with Crippen LogP contribution in [0.15, 0.2) is 24.8 Å². The van der Waals surface area contributed by atoms with Crippen molar-refractivity contribution < 1.29 is 33.3 Å². The van der Waals surface area contributed by atoms with Crippen LogP contribution in [-0.4, -0.2) is 61.1 Å². The Bertz CT molecular complexity index is 1510. The highest BCUT2D eigenvalue weighted by Gasteiger charge is 2.35. The van der Waals surface area contributed by atoms with E-state index in [-0.39, 0.29) is 35.3 Å². The van der Waals surface area contributed by atoms with Crippen LogP contribution in [0.5, 0.6) is 5.75 Å². The topological polar surface area (TPSA) is 135 Å². The number of anilines is 1. The van der Waals surface area contributed by atoms with Crippen molar-refractivity contribution in [3.8, 4) is 5.75 Å².